The number of carbonyl (C=O) groups is 1. The van der Waals surface area contributed by atoms with Gasteiger partial charge in [0.1, 0.15) is 6.61 Å². The molecule has 1 unspecified atom stereocenters. The molecule has 0 radical (unpaired) electrons. The highest BCUT2D eigenvalue weighted by atomic mass is 16.7. The second kappa shape index (κ2) is 9.47. The Balaban J connectivity index is 2.65. The molecule has 1 rings (SSSR count). The van der Waals surface area contributed by atoms with Crippen LogP contribution in [-0.4, -0.2) is 45.1 Å². The van der Waals surface area contributed by atoms with Crippen LogP contribution in [0.1, 0.15) is 33.6 Å². The number of hydrogen-bond acceptors (Lipinski definition) is 6. The van der Waals surface area contributed by atoms with Gasteiger partial charge in [-0.1, -0.05) is 0 Å². The van der Waals surface area contributed by atoms with Gasteiger partial charge < -0.3 is 23.7 Å². The molecule has 1 aliphatic heterocycles. The van der Waals surface area contributed by atoms with E-state index in [1.54, 1.807) is 20.8 Å². The van der Waals surface area contributed by atoms with Crippen LogP contribution in [0, 0.1) is 0 Å². The van der Waals surface area contributed by atoms with Crippen LogP contribution in [0.3, 0.4) is 0 Å². The Morgan fingerprint density at radius 2 is 1.70 bits per heavy atom. The Hall–Kier alpha value is -1.43. The predicted octanol–water partition coefficient (Wildman–Crippen LogP) is 1.99. The summed E-state index contributed by atoms with van der Waals surface area (Å²) < 4.78 is 26.5. The van der Waals surface area contributed by atoms with Crippen LogP contribution in [0.25, 0.3) is 0 Å². The summed E-state index contributed by atoms with van der Waals surface area (Å²) in [5.41, 5.74) is 0. The normalized spacial score (nSPS) is 17.4. The van der Waals surface area contributed by atoms with E-state index in [0.29, 0.717) is 19.8 Å². The monoisotopic (exact) mass is 288 g/mol. The average Bonchev–Trinajstić information content (AvgIpc) is 2.95. The van der Waals surface area contributed by atoms with Crippen LogP contribution in [0.4, 0.5) is 0 Å². The van der Waals surface area contributed by atoms with Gasteiger partial charge >= 0.3 is 11.9 Å². The number of carbonyl (C=O) groups excluding carboxylic acids is 1. The third kappa shape index (κ3) is 5.28. The fourth-order valence-corrected chi connectivity index (χ4v) is 1.79. The zero-order valence-corrected chi connectivity index (χ0v) is 12.5. The Bertz CT molecular complexity index is 312. The van der Waals surface area contributed by atoms with Crippen molar-refractivity contribution in [2.24, 2.45) is 0 Å². The summed E-state index contributed by atoms with van der Waals surface area (Å²) in [6.07, 6.45) is 1.88. The second-order valence-electron chi connectivity index (χ2n) is 4.15. The minimum absolute atomic E-state index is 0.0193. The number of hydrogen-bond donors (Lipinski definition) is 0. The molecule has 6 nitrogen and oxygen atoms in total. The lowest BCUT2D eigenvalue weighted by molar-refractivity contribution is -0.148. The summed E-state index contributed by atoms with van der Waals surface area (Å²) in [5, 5.41) is 0. The van der Waals surface area contributed by atoms with Crippen LogP contribution in [0.2, 0.25) is 0 Å². The molecule has 0 amide bonds. The quantitative estimate of drug-likeness (QED) is 0.367. The van der Waals surface area contributed by atoms with Crippen molar-refractivity contribution < 1.29 is 28.5 Å². The van der Waals surface area contributed by atoms with E-state index in [-0.39, 0.29) is 24.4 Å². The number of ether oxygens (including phenoxy) is 5. The van der Waals surface area contributed by atoms with E-state index in [9.17, 15) is 4.79 Å². The van der Waals surface area contributed by atoms with Gasteiger partial charge in [0.05, 0.1) is 25.9 Å². The van der Waals surface area contributed by atoms with Crippen LogP contribution in [-0.2, 0) is 28.5 Å². The van der Waals surface area contributed by atoms with Crippen LogP contribution in [0.15, 0.2) is 11.7 Å². The molecule has 0 aromatic heterocycles. The molecule has 1 heterocycles. The highest BCUT2D eigenvalue weighted by Crippen LogP contribution is 2.15. The highest BCUT2D eigenvalue weighted by molar-refractivity contribution is 5.86. The SMILES string of the molecule is CCOC(OCC)=C(OCC)C(=O)OCC1CCCO1. The summed E-state index contributed by atoms with van der Waals surface area (Å²) in [6.45, 7) is 7.42. The zero-order valence-electron chi connectivity index (χ0n) is 12.5. The molecule has 1 fully saturated rings. The third-order valence-corrected chi connectivity index (χ3v) is 2.63. The first-order chi connectivity index (χ1) is 9.72. The van der Waals surface area contributed by atoms with Gasteiger partial charge in [-0.05, 0) is 33.6 Å². The predicted molar refractivity (Wildman–Crippen MR) is 71.8 cm³/mol. The molecule has 0 bridgehead atoms. The standard InChI is InChI=1S/C14H24O6/c1-4-16-12(14(17-5-2)18-6-3)13(15)20-10-11-8-7-9-19-11/h11H,4-10H2,1-3H3. The van der Waals surface area contributed by atoms with Crippen molar-refractivity contribution in [2.75, 3.05) is 33.0 Å². The summed E-state index contributed by atoms with van der Waals surface area (Å²) in [5.74, 6) is -0.525. The Morgan fingerprint density at radius 1 is 1.05 bits per heavy atom. The molecule has 0 aliphatic carbocycles. The molecule has 0 saturated carbocycles. The Labute approximate surface area is 120 Å². The van der Waals surface area contributed by atoms with Gasteiger partial charge in [-0.25, -0.2) is 4.79 Å². The molecule has 0 aromatic rings. The van der Waals surface area contributed by atoms with Gasteiger partial charge in [-0.2, -0.15) is 0 Å². The van der Waals surface area contributed by atoms with Crippen molar-refractivity contribution in [1.82, 2.24) is 0 Å². The van der Waals surface area contributed by atoms with E-state index < -0.39 is 5.97 Å². The van der Waals surface area contributed by atoms with Crippen molar-refractivity contribution in [3.63, 3.8) is 0 Å². The van der Waals surface area contributed by atoms with Crippen molar-refractivity contribution in [2.45, 2.75) is 39.7 Å². The minimum atomic E-state index is -0.584. The fourth-order valence-electron chi connectivity index (χ4n) is 1.79. The van der Waals surface area contributed by atoms with E-state index in [1.807, 2.05) is 0 Å². The molecule has 0 N–H and O–H groups in total. The van der Waals surface area contributed by atoms with E-state index in [1.165, 1.54) is 0 Å². The molecular formula is C14H24O6. The second-order valence-corrected chi connectivity index (χ2v) is 4.15. The first-order valence-electron chi connectivity index (χ1n) is 7.14. The molecule has 116 valence electrons. The smallest absolute Gasteiger partial charge is 0.381 e. The van der Waals surface area contributed by atoms with Crippen LogP contribution in [0.5, 0.6) is 0 Å². The van der Waals surface area contributed by atoms with Crippen LogP contribution >= 0.6 is 0 Å². The van der Waals surface area contributed by atoms with E-state index in [2.05, 4.69) is 0 Å². The Kier molecular flexibility index (Phi) is 7.87. The topological polar surface area (TPSA) is 63.2 Å². The average molecular weight is 288 g/mol. The van der Waals surface area contributed by atoms with Gasteiger partial charge in [-0.3, -0.25) is 0 Å². The zero-order chi connectivity index (χ0) is 14.8. The summed E-state index contributed by atoms with van der Waals surface area (Å²) in [7, 11) is 0. The number of esters is 1. The molecule has 1 saturated heterocycles. The molecule has 1 aliphatic rings. The lowest BCUT2D eigenvalue weighted by Gasteiger charge is -2.15. The highest BCUT2D eigenvalue weighted by Gasteiger charge is 2.24. The van der Waals surface area contributed by atoms with Crippen molar-refractivity contribution in [3.05, 3.63) is 11.7 Å². The largest absolute Gasteiger partial charge is 0.482 e. The van der Waals surface area contributed by atoms with Gasteiger partial charge in [0.15, 0.2) is 0 Å². The van der Waals surface area contributed by atoms with Crippen molar-refractivity contribution in [3.8, 4) is 0 Å². The van der Waals surface area contributed by atoms with E-state index >= 15 is 0 Å². The Morgan fingerprint density at radius 3 is 2.20 bits per heavy atom. The van der Waals surface area contributed by atoms with E-state index in [0.717, 1.165) is 19.4 Å². The summed E-state index contributed by atoms with van der Waals surface area (Å²) in [4.78, 5) is 12.1. The van der Waals surface area contributed by atoms with Gasteiger partial charge in [0, 0.05) is 6.61 Å². The molecule has 1 atom stereocenters. The van der Waals surface area contributed by atoms with E-state index in [4.69, 9.17) is 23.7 Å². The van der Waals surface area contributed by atoms with Gasteiger partial charge in [-0.15, -0.1) is 0 Å². The summed E-state index contributed by atoms with van der Waals surface area (Å²) >= 11 is 0. The maximum absolute atomic E-state index is 12.1. The van der Waals surface area contributed by atoms with Crippen molar-refractivity contribution >= 4 is 5.97 Å². The molecule has 20 heavy (non-hydrogen) atoms. The fraction of sp³-hybridized carbons (Fsp3) is 0.786. The summed E-state index contributed by atoms with van der Waals surface area (Å²) in [6, 6.07) is 0. The lowest BCUT2D eigenvalue weighted by atomic mass is 10.2. The van der Waals surface area contributed by atoms with Gasteiger partial charge in [0.25, 0.3) is 5.76 Å². The molecule has 0 spiro atoms. The third-order valence-electron chi connectivity index (χ3n) is 2.63. The maximum atomic E-state index is 12.1. The minimum Gasteiger partial charge on any atom is -0.482 e. The molecule has 0 aromatic carbocycles. The first kappa shape index (κ1) is 16.6. The lowest BCUT2D eigenvalue weighted by Crippen LogP contribution is -2.21. The maximum Gasteiger partial charge on any atom is 0.381 e. The number of rotatable bonds is 9. The first-order valence-corrected chi connectivity index (χ1v) is 7.14. The molecule has 6 heteroatoms. The molecular weight excluding hydrogens is 264 g/mol. The van der Waals surface area contributed by atoms with Crippen molar-refractivity contribution in [1.29, 1.82) is 0 Å². The van der Waals surface area contributed by atoms with Gasteiger partial charge in [0.2, 0.25) is 0 Å². The van der Waals surface area contributed by atoms with Crippen LogP contribution < -0.4 is 0 Å².